The summed E-state index contributed by atoms with van der Waals surface area (Å²) < 4.78 is 5.50. The van der Waals surface area contributed by atoms with Crippen molar-refractivity contribution in [3.63, 3.8) is 0 Å². The van der Waals surface area contributed by atoms with Gasteiger partial charge in [-0.15, -0.1) is 0 Å². The molecule has 0 aromatic carbocycles. The Hall–Kier alpha value is -0.0931. The molecule has 0 aliphatic rings. The molecule has 0 aromatic rings. The predicted octanol–water partition coefficient (Wildman–Crippen LogP) is 3.49. The van der Waals surface area contributed by atoms with Crippen molar-refractivity contribution in [2.45, 2.75) is 38.9 Å². The van der Waals surface area contributed by atoms with E-state index in [9.17, 15) is 4.79 Å². The third-order valence-corrected chi connectivity index (χ3v) is 7.20. The van der Waals surface area contributed by atoms with Crippen LogP contribution in [-0.4, -0.2) is 19.6 Å². The van der Waals surface area contributed by atoms with E-state index in [4.69, 9.17) is 4.43 Å². The number of allylic oxidation sites excluding steroid dienone is 1. The summed E-state index contributed by atoms with van der Waals surface area (Å²) in [5, 5.41) is 0.754. The van der Waals surface area contributed by atoms with E-state index in [1.54, 1.807) is 6.08 Å². The summed E-state index contributed by atoms with van der Waals surface area (Å²) in [6.45, 7) is 10.5. The highest BCUT2D eigenvalue weighted by Gasteiger charge is 2.39. The van der Waals surface area contributed by atoms with E-state index in [1.165, 1.54) is 6.08 Å². The van der Waals surface area contributed by atoms with Gasteiger partial charge in [0.05, 0.1) is 0 Å². The summed E-state index contributed by atoms with van der Waals surface area (Å²) >= 11 is 3.21. The monoisotopic (exact) mass is 278 g/mol. The average Bonchev–Trinajstić information content (AvgIpc) is 1.97. The number of rotatable bonds is 3. The van der Waals surface area contributed by atoms with Crippen LogP contribution in [0.4, 0.5) is 0 Å². The molecule has 0 radical (unpaired) electrons. The van der Waals surface area contributed by atoms with Crippen LogP contribution in [0, 0.1) is 0 Å². The molecule has 0 N–H and O–H groups in total. The maximum Gasteiger partial charge on any atom is 0.317 e. The SMILES string of the molecule is CC(C)(C)[Si](C)(C)OC(=O)/C=C/CBr. The van der Waals surface area contributed by atoms with Crippen molar-refractivity contribution in [1.29, 1.82) is 0 Å². The zero-order valence-corrected chi connectivity index (χ0v) is 12.1. The van der Waals surface area contributed by atoms with Gasteiger partial charge in [-0.3, -0.25) is 0 Å². The fourth-order valence-corrected chi connectivity index (χ4v) is 1.64. The summed E-state index contributed by atoms with van der Waals surface area (Å²) in [6, 6.07) is 0. The van der Waals surface area contributed by atoms with Gasteiger partial charge in [-0.05, 0) is 18.1 Å². The lowest BCUT2D eigenvalue weighted by atomic mass is 10.2. The highest BCUT2D eigenvalue weighted by molar-refractivity contribution is 9.09. The van der Waals surface area contributed by atoms with E-state index in [-0.39, 0.29) is 11.0 Å². The first-order valence-electron chi connectivity index (χ1n) is 4.66. The molecule has 2 nitrogen and oxygen atoms in total. The quantitative estimate of drug-likeness (QED) is 0.449. The molecule has 0 unspecified atom stereocenters. The molecule has 14 heavy (non-hydrogen) atoms. The molecule has 0 saturated heterocycles. The smallest absolute Gasteiger partial charge is 0.317 e. The van der Waals surface area contributed by atoms with Gasteiger partial charge in [-0.25, -0.2) is 4.79 Å². The van der Waals surface area contributed by atoms with E-state index >= 15 is 0 Å². The van der Waals surface area contributed by atoms with Crippen molar-refractivity contribution in [1.82, 2.24) is 0 Å². The average molecular weight is 279 g/mol. The Bertz CT molecular complexity index is 229. The molecular formula is C10H19BrO2Si. The Balaban J connectivity index is 4.37. The predicted molar refractivity (Wildman–Crippen MR) is 66.2 cm³/mol. The van der Waals surface area contributed by atoms with Gasteiger partial charge in [-0.2, -0.15) is 0 Å². The molecule has 0 saturated carbocycles. The van der Waals surface area contributed by atoms with Crippen LogP contribution in [0.5, 0.6) is 0 Å². The number of halogens is 1. The van der Waals surface area contributed by atoms with Gasteiger partial charge in [0, 0.05) is 11.4 Å². The maximum atomic E-state index is 11.4. The molecule has 0 atom stereocenters. The molecule has 82 valence electrons. The van der Waals surface area contributed by atoms with Gasteiger partial charge in [0.1, 0.15) is 0 Å². The van der Waals surface area contributed by atoms with E-state index in [0.717, 1.165) is 0 Å². The number of carbonyl (C=O) groups is 1. The van der Waals surface area contributed by atoms with Crippen LogP contribution < -0.4 is 0 Å². The third kappa shape index (κ3) is 4.42. The zero-order chi connectivity index (χ0) is 11.4. The van der Waals surface area contributed by atoms with Crippen molar-refractivity contribution < 1.29 is 9.22 Å². The number of hydrogen-bond acceptors (Lipinski definition) is 2. The van der Waals surface area contributed by atoms with Gasteiger partial charge < -0.3 is 4.43 Å². The van der Waals surface area contributed by atoms with E-state index in [1.807, 2.05) is 0 Å². The topological polar surface area (TPSA) is 26.3 Å². The molecule has 0 aliphatic heterocycles. The standard InChI is InChI=1S/C10H19BrO2Si/c1-10(2,3)14(4,5)13-9(12)7-6-8-11/h6-7H,8H2,1-5H3/b7-6+. The van der Waals surface area contributed by atoms with Crippen molar-refractivity contribution in [2.24, 2.45) is 0 Å². The molecule has 0 fully saturated rings. The zero-order valence-electron chi connectivity index (χ0n) is 9.56. The second kappa shape index (κ2) is 5.12. The van der Waals surface area contributed by atoms with Crippen molar-refractivity contribution in [3.8, 4) is 0 Å². The van der Waals surface area contributed by atoms with E-state index < -0.39 is 8.32 Å². The van der Waals surface area contributed by atoms with Gasteiger partial charge in [0.2, 0.25) is 0 Å². The van der Waals surface area contributed by atoms with Crippen LogP contribution in [0.3, 0.4) is 0 Å². The minimum atomic E-state index is -1.93. The second-order valence-electron chi connectivity index (χ2n) is 4.74. The third-order valence-electron chi connectivity index (χ3n) is 2.50. The Labute approximate surface area is 96.0 Å². The number of alkyl halides is 1. The van der Waals surface area contributed by atoms with Crippen LogP contribution in [0.2, 0.25) is 18.1 Å². The van der Waals surface area contributed by atoms with Crippen molar-refractivity contribution in [3.05, 3.63) is 12.2 Å². The normalized spacial score (nSPS) is 13.3. The second-order valence-corrected chi connectivity index (χ2v) is 10.1. The summed E-state index contributed by atoms with van der Waals surface area (Å²) in [6.07, 6.45) is 3.23. The first-order chi connectivity index (χ1) is 6.20. The highest BCUT2D eigenvalue weighted by atomic mass is 79.9. The Morgan fingerprint density at radius 2 is 1.93 bits per heavy atom. The molecule has 0 aromatic heterocycles. The van der Waals surface area contributed by atoms with E-state index in [2.05, 4.69) is 49.8 Å². The molecule has 0 bridgehead atoms. The van der Waals surface area contributed by atoms with Crippen LogP contribution in [0.15, 0.2) is 12.2 Å². The van der Waals surface area contributed by atoms with Gasteiger partial charge in [-0.1, -0.05) is 42.8 Å². The summed E-state index contributed by atoms with van der Waals surface area (Å²) in [5.74, 6) is -0.226. The van der Waals surface area contributed by atoms with E-state index in [0.29, 0.717) is 5.33 Å². The highest BCUT2D eigenvalue weighted by Crippen LogP contribution is 2.36. The first kappa shape index (κ1) is 13.9. The van der Waals surface area contributed by atoms with Crippen LogP contribution >= 0.6 is 15.9 Å². The molecule has 4 heteroatoms. The van der Waals surface area contributed by atoms with Crippen LogP contribution in [-0.2, 0) is 9.22 Å². The molecule has 0 heterocycles. The van der Waals surface area contributed by atoms with Gasteiger partial charge >= 0.3 is 5.97 Å². The fraction of sp³-hybridized carbons (Fsp3) is 0.700. The largest absolute Gasteiger partial charge is 0.516 e. The Morgan fingerprint density at radius 3 is 2.29 bits per heavy atom. The minimum absolute atomic E-state index is 0.0743. The summed E-state index contributed by atoms with van der Waals surface area (Å²) in [4.78, 5) is 11.4. The lowest BCUT2D eigenvalue weighted by Gasteiger charge is -2.34. The Morgan fingerprint density at radius 1 is 1.43 bits per heavy atom. The lowest BCUT2D eigenvalue weighted by Crippen LogP contribution is -2.42. The van der Waals surface area contributed by atoms with Crippen molar-refractivity contribution >= 4 is 30.2 Å². The van der Waals surface area contributed by atoms with Crippen molar-refractivity contribution in [2.75, 3.05) is 5.33 Å². The van der Waals surface area contributed by atoms with Crippen LogP contribution in [0.1, 0.15) is 20.8 Å². The summed E-state index contributed by atoms with van der Waals surface area (Å²) in [5.41, 5.74) is 0. The lowest BCUT2D eigenvalue weighted by molar-refractivity contribution is -0.130. The first-order valence-corrected chi connectivity index (χ1v) is 8.69. The minimum Gasteiger partial charge on any atom is -0.516 e. The molecule has 0 spiro atoms. The molecule has 0 aliphatic carbocycles. The maximum absolute atomic E-state index is 11.4. The van der Waals surface area contributed by atoms with Gasteiger partial charge in [0.25, 0.3) is 8.32 Å². The fourth-order valence-electron chi connectivity index (χ4n) is 0.579. The number of hydrogen-bond donors (Lipinski definition) is 0. The Kier molecular flexibility index (Phi) is 5.08. The number of carbonyl (C=O) groups excluding carboxylic acids is 1. The summed E-state index contributed by atoms with van der Waals surface area (Å²) in [7, 11) is -1.93. The molecule has 0 amide bonds. The molecule has 0 rings (SSSR count). The molecular weight excluding hydrogens is 260 g/mol. The van der Waals surface area contributed by atoms with Crippen LogP contribution in [0.25, 0.3) is 0 Å². The van der Waals surface area contributed by atoms with Gasteiger partial charge in [0.15, 0.2) is 0 Å².